The van der Waals surface area contributed by atoms with Crippen molar-refractivity contribution < 1.29 is 0 Å². The molecule has 0 saturated carbocycles. The number of nitrogens with zero attached hydrogens (tertiary/aromatic N) is 4. The molecule has 0 aliphatic carbocycles. The van der Waals surface area contributed by atoms with Gasteiger partial charge < -0.3 is 0 Å². The second kappa shape index (κ2) is 2.80. The van der Waals surface area contributed by atoms with Crippen molar-refractivity contribution in [3.8, 4) is 0 Å². The first kappa shape index (κ1) is 8.16. The van der Waals surface area contributed by atoms with Gasteiger partial charge in [0.05, 0.1) is 0 Å². The SMILES string of the molecule is Cc1ccnc2nc(C(C)C)nn12. The molecule has 0 fully saturated rings. The third kappa shape index (κ3) is 1.28. The van der Waals surface area contributed by atoms with E-state index in [0.29, 0.717) is 11.7 Å². The molecule has 68 valence electrons. The van der Waals surface area contributed by atoms with E-state index in [2.05, 4.69) is 28.9 Å². The summed E-state index contributed by atoms with van der Waals surface area (Å²) in [5.41, 5.74) is 1.06. The van der Waals surface area contributed by atoms with Crippen molar-refractivity contribution in [3.63, 3.8) is 0 Å². The van der Waals surface area contributed by atoms with E-state index in [0.717, 1.165) is 11.5 Å². The van der Waals surface area contributed by atoms with Gasteiger partial charge in [0.25, 0.3) is 5.78 Å². The van der Waals surface area contributed by atoms with Crippen molar-refractivity contribution in [2.24, 2.45) is 0 Å². The first-order valence-electron chi connectivity index (χ1n) is 4.37. The highest BCUT2D eigenvalue weighted by atomic mass is 15.3. The van der Waals surface area contributed by atoms with Crippen molar-refractivity contribution in [1.29, 1.82) is 0 Å². The van der Waals surface area contributed by atoms with Crippen molar-refractivity contribution in [2.45, 2.75) is 26.7 Å². The Kier molecular flexibility index (Phi) is 1.76. The Morgan fingerprint density at radius 3 is 2.77 bits per heavy atom. The molecule has 4 heteroatoms. The smallest absolute Gasteiger partial charge is 0.220 e. The zero-order valence-electron chi connectivity index (χ0n) is 8.02. The number of hydrogen-bond donors (Lipinski definition) is 0. The summed E-state index contributed by atoms with van der Waals surface area (Å²) < 4.78 is 1.77. The van der Waals surface area contributed by atoms with E-state index in [1.54, 1.807) is 10.7 Å². The Bertz CT molecular complexity index is 430. The Balaban J connectivity index is 2.68. The molecule has 2 aromatic heterocycles. The predicted molar refractivity (Wildman–Crippen MR) is 49.6 cm³/mol. The van der Waals surface area contributed by atoms with Crippen molar-refractivity contribution in [1.82, 2.24) is 19.6 Å². The van der Waals surface area contributed by atoms with E-state index in [9.17, 15) is 0 Å². The minimum Gasteiger partial charge on any atom is -0.220 e. The van der Waals surface area contributed by atoms with Crippen LogP contribution in [-0.2, 0) is 0 Å². The summed E-state index contributed by atoms with van der Waals surface area (Å²) in [4.78, 5) is 8.45. The number of fused-ring (bicyclic) bond motifs is 1. The van der Waals surface area contributed by atoms with Gasteiger partial charge in [0.15, 0.2) is 5.82 Å². The minimum absolute atomic E-state index is 0.348. The van der Waals surface area contributed by atoms with Crippen LogP contribution in [0.5, 0.6) is 0 Å². The van der Waals surface area contributed by atoms with Gasteiger partial charge in [-0.2, -0.15) is 4.98 Å². The number of hydrogen-bond acceptors (Lipinski definition) is 3. The van der Waals surface area contributed by atoms with Gasteiger partial charge >= 0.3 is 0 Å². The van der Waals surface area contributed by atoms with E-state index in [4.69, 9.17) is 0 Å². The molecular weight excluding hydrogens is 164 g/mol. The molecule has 0 saturated heterocycles. The van der Waals surface area contributed by atoms with E-state index in [1.807, 2.05) is 13.0 Å². The van der Waals surface area contributed by atoms with Crippen LogP contribution in [0.25, 0.3) is 5.78 Å². The summed E-state index contributed by atoms with van der Waals surface area (Å²) in [6, 6.07) is 1.92. The van der Waals surface area contributed by atoms with Gasteiger partial charge in [0.2, 0.25) is 0 Å². The molecule has 0 N–H and O–H groups in total. The Hall–Kier alpha value is -1.45. The van der Waals surface area contributed by atoms with Crippen LogP contribution >= 0.6 is 0 Å². The zero-order valence-corrected chi connectivity index (χ0v) is 8.02. The van der Waals surface area contributed by atoms with Gasteiger partial charge in [0.1, 0.15) is 0 Å². The Morgan fingerprint density at radius 1 is 1.38 bits per heavy atom. The van der Waals surface area contributed by atoms with Crippen LogP contribution < -0.4 is 0 Å². The number of aryl methyl sites for hydroxylation is 1. The molecule has 0 radical (unpaired) electrons. The fourth-order valence-corrected chi connectivity index (χ4v) is 1.17. The van der Waals surface area contributed by atoms with Crippen LogP contribution in [0.2, 0.25) is 0 Å². The van der Waals surface area contributed by atoms with Gasteiger partial charge in [-0.25, -0.2) is 9.50 Å². The van der Waals surface area contributed by atoms with Gasteiger partial charge in [0, 0.05) is 17.8 Å². The summed E-state index contributed by atoms with van der Waals surface area (Å²) in [7, 11) is 0. The van der Waals surface area contributed by atoms with E-state index in [1.165, 1.54) is 0 Å². The topological polar surface area (TPSA) is 43.1 Å². The molecule has 0 atom stereocenters. The van der Waals surface area contributed by atoms with Crippen LogP contribution in [0.15, 0.2) is 12.3 Å². The van der Waals surface area contributed by atoms with E-state index in [-0.39, 0.29) is 0 Å². The average molecular weight is 176 g/mol. The average Bonchev–Trinajstić information content (AvgIpc) is 2.49. The lowest BCUT2D eigenvalue weighted by Crippen LogP contribution is -1.95. The maximum absolute atomic E-state index is 4.35. The Labute approximate surface area is 76.6 Å². The first-order valence-corrected chi connectivity index (χ1v) is 4.37. The zero-order chi connectivity index (χ0) is 9.42. The van der Waals surface area contributed by atoms with Gasteiger partial charge in [-0.1, -0.05) is 13.8 Å². The van der Waals surface area contributed by atoms with Crippen LogP contribution in [0, 0.1) is 6.92 Å². The highest BCUT2D eigenvalue weighted by Gasteiger charge is 2.08. The first-order chi connectivity index (χ1) is 6.18. The van der Waals surface area contributed by atoms with E-state index < -0.39 is 0 Å². The van der Waals surface area contributed by atoms with Crippen LogP contribution in [-0.4, -0.2) is 19.6 Å². The summed E-state index contributed by atoms with van der Waals surface area (Å²) in [6.45, 7) is 6.14. The van der Waals surface area contributed by atoms with Crippen molar-refractivity contribution >= 4 is 5.78 Å². The lowest BCUT2D eigenvalue weighted by molar-refractivity contribution is 0.758. The second-order valence-electron chi connectivity index (χ2n) is 3.42. The van der Waals surface area contributed by atoms with Crippen molar-refractivity contribution in [3.05, 3.63) is 23.8 Å². The second-order valence-corrected chi connectivity index (χ2v) is 3.42. The van der Waals surface area contributed by atoms with Crippen LogP contribution in [0.1, 0.15) is 31.3 Å². The highest BCUT2D eigenvalue weighted by Crippen LogP contribution is 2.10. The molecule has 0 aliphatic heterocycles. The number of aromatic nitrogens is 4. The Morgan fingerprint density at radius 2 is 2.15 bits per heavy atom. The molecule has 4 nitrogen and oxygen atoms in total. The maximum Gasteiger partial charge on any atom is 0.252 e. The van der Waals surface area contributed by atoms with Gasteiger partial charge in [-0.15, -0.1) is 5.10 Å². The lowest BCUT2D eigenvalue weighted by atomic mass is 10.2. The monoisotopic (exact) mass is 176 g/mol. The molecule has 2 aromatic rings. The summed E-state index contributed by atoms with van der Waals surface area (Å²) in [5, 5.41) is 4.35. The molecule has 13 heavy (non-hydrogen) atoms. The fourth-order valence-electron chi connectivity index (χ4n) is 1.17. The van der Waals surface area contributed by atoms with Crippen LogP contribution in [0.3, 0.4) is 0 Å². The summed E-state index contributed by atoms with van der Waals surface area (Å²) in [6.07, 6.45) is 1.75. The summed E-state index contributed by atoms with van der Waals surface area (Å²) >= 11 is 0. The lowest BCUT2D eigenvalue weighted by Gasteiger charge is -1.94. The molecule has 0 spiro atoms. The predicted octanol–water partition coefficient (Wildman–Crippen LogP) is 1.56. The number of rotatable bonds is 1. The molecular formula is C9H12N4. The fraction of sp³-hybridized carbons (Fsp3) is 0.444. The quantitative estimate of drug-likeness (QED) is 0.662. The molecule has 0 unspecified atom stereocenters. The third-order valence-electron chi connectivity index (χ3n) is 1.96. The molecule has 0 aromatic carbocycles. The normalized spacial score (nSPS) is 11.4. The van der Waals surface area contributed by atoms with Crippen LogP contribution in [0.4, 0.5) is 0 Å². The largest absolute Gasteiger partial charge is 0.252 e. The molecule has 2 rings (SSSR count). The summed E-state index contributed by atoms with van der Waals surface area (Å²) in [5.74, 6) is 1.88. The van der Waals surface area contributed by atoms with Crippen molar-refractivity contribution in [2.75, 3.05) is 0 Å². The van der Waals surface area contributed by atoms with E-state index >= 15 is 0 Å². The van der Waals surface area contributed by atoms with Gasteiger partial charge in [-0.05, 0) is 13.0 Å². The molecule has 0 amide bonds. The standard InChI is InChI=1S/C9H12N4/c1-6(2)8-11-9-10-5-4-7(3)13(9)12-8/h4-6H,1-3H3. The third-order valence-corrected chi connectivity index (χ3v) is 1.96. The van der Waals surface area contributed by atoms with Gasteiger partial charge in [-0.3, -0.25) is 0 Å². The molecule has 2 heterocycles. The highest BCUT2D eigenvalue weighted by molar-refractivity contribution is 5.28. The molecule has 0 aliphatic rings. The molecule has 0 bridgehead atoms. The maximum atomic E-state index is 4.35. The minimum atomic E-state index is 0.348.